The van der Waals surface area contributed by atoms with E-state index in [1.54, 1.807) is 21.3 Å². The monoisotopic (exact) mass is 404 g/mol. The van der Waals surface area contributed by atoms with Crippen LogP contribution in [0.2, 0.25) is 0 Å². The molecular weight excluding hydrogens is 376 g/mol. The molecule has 1 aliphatic heterocycles. The van der Waals surface area contributed by atoms with Gasteiger partial charge in [-0.05, 0) is 59.9 Å². The Hall–Kier alpha value is -3.05. The van der Waals surface area contributed by atoms with Crippen LogP contribution in [-0.2, 0) is 13.0 Å². The number of aromatic nitrogens is 1. The summed E-state index contributed by atoms with van der Waals surface area (Å²) in [5.74, 6) is 2.49. The molecule has 0 N–H and O–H groups in total. The zero-order chi connectivity index (χ0) is 21.1. The van der Waals surface area contributed by atoms with Gasteiger partial charge in [-0.3, -0.25) is 9.88 Å². The Labute approximate surface area is 178 Å². The van der Waals surface area contributed by atoms with Crippen molar-refractivity contribution in [2.75, 3.05) is 27.9 Å². The van der Waals surface area contributed by atoms with E-state index >= 15 is 0 Å². The van der Waals surface area contributed by atoms with Gasteiger partial charge in [0.05, 0.1) is 27.4 Å². The van der Waals surface area contributed by atoms with E-state index < -0.39 is 0 Å². The highest BCUT2D eigenvalue weighted by atomic mass is 16.5. The normalized spacial score (nSPS) is 16.1. The van der Waals surface area contributed by atoms with Crippen LogP contribution in [0.25, 0.3) is 0 Å². The third-order valence-corrected chi connectivity index (χ3v) is 5.87. The molecule has 5 nitrogen and oxygen atoms in total. The first kappa shape index (κ1) is 20.2. The number of methoxy groups -OCH3 is 3. The van der Waals surface area contributed by atoms with Gasteiger partial charge in [-0.2, -0.15) is 0 Å². The van der Waals surface area contributed by atoms with Crippen LogP contribution in [0.4, 0.5) is 0 Å². The molecule has 1 atom stereocenters. The summed E-state index contributed by atoms with van der Waals surface area (Å²) in [6.07, 6.45) is 4.66. The fraction of sp³-hybridized carbons (Fsp3) is 0.320. The molecule has 0 spiro atoms. The first-order valence-corrected chi connectivity index (χ1v) is 10.2. The van der Waals surface area contributed by atoms with Gasteiger partial charge in [0.1, 0.15) is 5.75 Å². The van der Waals surface area contributed by atoms with Crippen molar-refractivity contribution in [2.24, 2.45) is 0 Å². The van der Waals surface area contributed by atoms with Crippen LogP contribution in [0, 0.1) is 6.92 Å². The second-order valence-corrected chi connectivity index (χ2v) is 7.58. The van der Waals surface area contributed by atoms with Gasteiger partial charge in [-0.1, -0.05) is 18.2 Å². The smallest absolute Gasteiger partial charge is 0.161 e. The molecular formula is C25H28N2O3. The van der Waals surface area contributed by atoms with E-state index in [4.69, 9.17) is 14.2 Å². The van der Waals surface area contributed by atoms with Crippen LogP contribution in [-0.4, -0.2) is 37.8 Å². The standard InChI is InChI=1S/C25H28N2O3/c1-17-6-5-7-20(25(17)30-4)16-27-13-10-19-14-22(28-2)23(29-3)15-21(19)24(27)18-8-11-26-12-9-18/h5-9,11-12,14-15,24H,10,13,16H2,1-4H3. The van der Waals surface area contributed by atoms with Crippen molar-refractivity contribution in [2.45, 2.75) is 25.9 Å². The molecule has 1 unspecified atom stereocenters. The summed E-state index contributed by atoms with van der Waals surface area (Å²) in [6, 6.07) is 14.9. The minimum atomic E-state index is 0.0989. The Kier molecular flexibility index (Phi) is 5.91. The van der Waals surface area contributed by atoms with Gasteiger partial charge in [0.2, 0.25) is 0 Å². The fourth-order valence-corrected chi connectivity index (χ4v) is 4.45. The molecule has 0 bridgehead atoms. The van der Waals surface area contributed by atoms with Gasteiger partial charge in [0.15, 0.2) is 11.5 Å². The zero-order valence-corrected chi connectivity index (χ0v) is 18.0. The van der Waals surface area contributed by atoms with Crippen molar-refractivity contribution >= 4 is 0 Å². The van der Waals surface area contributed by atoms with Gasteiger partial charge in [-0.15, -0.1) is 0 Å². The van der Waals surface area contributed by atoms with Crippen molar-refractivity contribution < 1.29 is 14.2 Å². The number of benzene rings is 2. The van der Waals surface area contributed by atoms with E-state index in [0.29, 0.717) is 0 Å². The third-order valence-electron chi connectivity index (χ3n) is 5.87. The maximum Gasteiger partial charge on any atom is 0.161 e. The first-order valence-electron chi connectivity index (χ1n) is 10.2. The fourth-order valence-electron chi connectivity index (χ4n) is 4.45. The molecule has 2 heterocycles. The summed E-state index contributed by atoms with van der Waals surface area (Å²) in [5, 5.41) is 0. The number of hydrogen-bond acceptors (Lipinski definition) is 5. The molecule has 5 heteroatoms. The van der Waals surface area contributed by atoms with Crippen LogP contribution >= 0.6 is 0 Å². The number of nitrogens with zero attached hydrogens (tertiary/aromatic N) is 2. The summed E-state index contributed by atoms with van der Waals surface area (Å²) in [5.41, 5.74) is 6.10. The van der Waals surface area contributed by atoms with E-state index in [-0.39, 0.29) is 6.04 Å². The number of pyridine rings is 1. The number of aryl methyl sites for hydroxylation is 1. The summed E-state index contributed by atoms with van der Waals surface area (Å²) in [7, 11) is 5.11. The van der Waals surface area contributed by atoms with Gasteiger partial charge in [0.25, 0.3) is 0 Å². The minimum Gasteiger partial charge on any atom is -0.496 e. The topological polar surface area (TPSA) is 43.8 Å². The van der Waals surface area contributed by atoms with Gasteiger partial charge in [-0.25, -0.2) is 0 Å². The number of hydrogen-bond donors (Lipinski definition) is 0. The van der Waals surface area contributed by atoms with E-state index in [0.717, 1.165) is 42.3 Å². The lowest BCUT2D eigenvalue weighted by Gasteiger charge is -2.38. The number of fused-ring (bicyclic) bond motifs is 1. The minimum absolute atomic E-state index is 0.0989. The van der Waals surface area contributed by atoms with Gasteiger partial charge >= 0.3 is 0 Å². The van der Waals surface area contributed by atoms with Crippen LogP contribution in [0.3, 0.4) is 0 Å². The molecule has 30 heavy (non-hydrogen) atoms. The highest BCUT2D eigenvalue weighted by Gasteiger charge is 2.31. The van der Waals surface area contributed by atoms with Gasteiger partial charge < -0.3 is 14.2 Å². The van der Waals surface area contributed by atoms with E-state index in [1.165, 1.54) is 22.3 Å². The van der Waals surface area contributed by atoms with Crippen LogP contribution in [0.15, 0.2) is 54.9 Å². The van der Waals surface area contributed by atoms with Gasteiger partial charge in [0, 0.05) is 31.0 Å². The van der Waals surface area contributed by atoms with Crippen LogP contribution < -0.4 is 14.2 Å². The molecule has 0 aliphatic carbocycles. The van der Waals surface area contributed by atoms with Crippen molar-refractivity contribution in [3.8, 4) is 17.2 Å². The lowest BCUT2D eigenvalue weighted by Crippen LogP contribution is -2.36. The zero-order valence-electron chi connectivity index (χ0n) is 18.0. The average molecular weight is 405 g/mol. The highest BCUT2D eigenvalue weighted by Crippen LogP contribution is 2.42. The molecule has 3 aromatic rings. The number of rotatable bonds is 6. The van der Waals surface area contributed by atoms with E-state index in [1.807, 2.05) is 12.4 Å². The summed E-state index contributed by atoms with van der Waals surface area (Å²) >= 11 is 0. The molecule has 2 aromatic carbocycles. The average Bonchev–Trinajstić information content (AvgIpc) is 2.78. The second kappa shape index (κ2) is 8.76. The molecule has 4 rings (SSSR count). The Balaban J connectivity index is 1.80. The lowest BCUT2D eigenvalue weighted by atomic mass is 9.87. The number of ether oxygens (including phenoxy) is 3. The molecule has 0 amide bonds. The Morgan fingerprint density at radius 1 is 0.967 bits per heavy atom. The molecule has 0 fully saturated rings. The molecule has 156 valence electrons. The Bertz CT molecular complexity index is 1020. The van der Waals surface area contributed by atoms with Crippen LogP contribution in [0.5, 0.6) is 17.2 Å². The van der Waals surface area contributed by atoms with Crippen molar-refractivity contribution in [1.29, 1.82) is 0 Å². The maximum atomic E-state index is 5.72. The second-order valence-electron chi connectivity index (χ2n) is 7.58. The molecule has 0 saturated carbocycles. The highest BCUT2D eigenvalue weighted by molar-refractivity contribution is 5.52. The van der Waals surface area contributed by atoms with Crippen molar-refractivity contribution in [3.63, 3.8) is 0 Å². The summed E-state index contributed by atoms with van der Waals surface area (Å²) < 4.78 is 16.9. The Morgan fingerprint density at radius 3 is 2.40 bits per heavy atom. The quantitative estimate of drug-likeness (QED) is 0.602. The molecule has 1 aliphatic rings. The molecule has 1 aromatic heterocycles. The SMILES string of the molecule is COc1cc2c(cc1OC)C(c1ccncc1)N(Cc1cccc(C)c1OC)CC2. The first-order chi connectivity index (χ1) is 14.7. The lowest BCUT2D eigenvalue weighted by molar-refractivity contribution is 0.201. The molecule has 0 radical (unpaired) electrons. The largest absolute Gasteiger partial charge is 0.496 e. The van der Waals surface area contributed by atoms with Crippen molar-refractivity contribution in [3.05, 3.63) is 82.7 Å². The van der Waals surface area contributed by atoms with E-state index in [9.17, 15) is 0 Å². The predicted octanol–water partition coefficient (Wildman–Crippen LogP) is 4.56. The molecule has 0 saturated heterocycles. The van der Waals surface area contributed by atoms with E-state index in [2.05, 4.69) is 59.3 Å². The van der Waals surface area contributed by atoms with Crippen molar-refractivity contribution in [1.82, 2.24) is 9.88 Å². The number of para-hydroxylation sites is 1. The predicted molar refractivity (Wildman–Crippen MR) is 117 cm³/mol. The summed E-state index contributed by atoms with van der Waals surface area (Å²) in [6.45, 7) is 3.82. The summed E-state index contributed by atoms with van der Waals surface area (Å²) in [4.78, 5) is 6.72. The third kappa shape index (κ3) is 3.73. The van der Waals surface area contributed by atoms with Crippen LogP contribution in [0.1, 0.15) is 33.9 Å². The Morgan fingerprint density at radius 2 is 1.70 bits per heavy atom. The maximum absolute atomic E-state index is 5.72.